The van der Waals surface area contributed by atoms with Crippen molar-refractivity contribution >= 4 is 11.0 Å². The van der Waals surface area contributed by atoms with Crippen molar-refractivity contribution in [2.24, 2.45) is 0 Å². The zero-order valence-electron chi connectivity index (χ0n) is 19.1. The van der Waals surface area contributed by atoms with Crippen molar-refractivity contribution < 1.29 is 4.74 Å². The number of ether oxygens (including phenoxy) is 1. The molecule has 0 radical (unpaired) electrons. The highest BCUT2D eigenvalue weighted by atomic mass is 16.5. The fourth-order valence-corrected chi connectivity index (χ4v) is 4.67. The van der Waals surface area contributed by atoms with Crippen LogP contribution in [-0.2, 0) is 11.3 Å². The highest BCUT2D eigenvalue weighted by Gasteiger charge is 2.17. The predicted molar refractivity (Wildman–Crippen MR) is 133 cm³/mol. The maximum atomic E-state index is 9.22. The Morgan fingerprint density at radius 1 is 0.970 bits per heavy atom. The van der Waals surface area contributed by atoms with E-state index in [2.05, 4.69) is 60.2 Å². The lowest BCUT2D eigenvalue weighted by Gasteiger charge is -2.21. The molecule has 0 amide bonds. The summed E-state index contributed by atoms with van der Waals surface area (Å²) in [6.07, 6.45) is 8.47. The van der Waals surface area contributed by atoms with Gasteiger partial charge in [-0.2, -0.15) is 5.26 Å². The molecule has 3 heterocycles. The average molecular weight is 436 g/mol. The highest BCUT2D eigenvalue weighted by Crippen LogP contribution is 2.34. The van der Waals surface area contributed by atoms with E-state index < -0.39 is 0 Å². The molecular formula is C29H29N3O. The van der Waals surface area contributed by atoms with Gasteiger partial charge in [-0.25, -0.2) is 4.98 Å². The first-order chi connectivity index (χ1) is 16.2. The van der Waals surface area contributed by atoms with Gasteiger partial charge in [0.25, 0.3) is 0 Å². The number of hydrogen-bond donors (Lipinski definition) is 0. The first-order valence-electron chi connectivity index (χ1n) is 11.9. The van der Waals surface area contributed by atoms with E-state index in [4.69, 9.17) is 9.72 Å². The van der Waals surface area contributed by atoms with Crippen LogP contribution >= 0.6 is 0 Å². The fourth-order valence-electron chi connectivity index (χ4n) is 4.67. The number of rotatable bonds is 4. The summed E-state index contributed by atoms with van der Waals surface area (Å²) in [6.45, 7) is 3.80. The summed E-state index contributed by atoms with van der Waals surface area (Å²) in [7, 11) is 0. The van der Waals surface area contributed by atoms with E-state index in [-0.39, 0.29) is 6.10 Å². The molecule has 0 saturated carbocycles. The van der Waals surface area contributed by atoms with Gasteiger partial charge in [-0.3, -0.25) is 0 Å². The van der Waals surface area contributed by atoms with Crippen LogP contribution in [0.2, 0.25) is 0 Å². The van der Waals surface area contributed by atoms with Crippen LogP contribution in [0.25, 0.3) is 33.4 Å². The lowest BCUT2D eigenvalue weighted by molar-refractivity contribution is 0.0254. The molecule has 0 unspecified atom stereocenters. The molecule has 33 heavy (non-hydrogen) atoms. The first-order valence-corrected chi connectivity index (χ1v) is 11.9. The van der Waals surface area contributed by atoms with Crippen LogP contribution in [-0.4, -0.2) is 22.3 Å². The van der Waals surface area contributed by atoms with E-state index in [0.29, 0.717) is 5.56 Å². The molecule has 0 bridgehead atoms. The molecule has 1 atom stereocenters. The highest BCUT2D eigenvalue weighted by molar-refractivity contribution is 5.90. The molecule has 0 N–H and O–H groups in total. The third-order valence-electron chi connectivity index (χ3n) is 6.58. The largest absolute Gasteiger partial charge is 0.376 e. The fraction of sp³-hybridized carbons (Fsp3) is 0.310. The summed E-state index contributed by atoms with van der Waals surface area (Å²) in [5, 5.41) is 9.22. The van der Waals surface area contributed by atoms with Gasteiger partial charge in [0.1, 0.15) is 0 Å². The Morgan fingerprint density at radius 3 is 2.52 bits per heavy atom. The standard InChI is InChI=1S/C29H29N3O/c1-21-7-11-24(12-8-21)29-26(23-13-9-22(19-30)10-14-23)18-28-27(31-29)15-16-32(28)20-25-6-4-2-3-5-17-33-25/h7-16,18,25H,2-6,17,20H2,1H3/t25-/m0/s1. The second-order valence-electron chi connectivity index (χ2n) is 9.01. The quantitative estimate of drug-likeness (QED) is 0.350. The number of aryl methyl sites for hydroxylation is 1. The molecule has 2 aromatic heterocycles. The molecule has 4 heteroatoms. The molecular weight excluding hydrogens is 406 g/mol. The number of fused-ring (bicyclic) bond motifs is 1. The summed E-state index contributed by atoms with van der Waals surface area (Å²) in [5.41, 5.74) is 8.21. The Morgan fingerprint density at radius 2 is 1.73 bits per heavy atom. The number of nitrogens with zero attached hydrogens (tertiary/aromatic N) is 3. The SMILES string of the molecule is Cc1ccc(-c2nc3ccn(C[C@@H]4CCCCCCO4)c3cc2-c2ccc(C#N)cc2)cc1. The van der Waals surface area contributed by atoms with Crippen molar-refractivity contribution in [1.29, 1.82) is 5.26 Å². The van der Waals surface area contributed by atoms with E-state index in [1.165, 1.54) is 24.8 Å². The van der Waals surface area contributed by atoms with Crippen LogP contribution in [0.5, 0.6) is 0 Å². The van der Waals surface area contributed by atoms with Crippen molar-refractivity contribution in [2.45, 2.75) is 51.7 Å². The van der Waals surface area contributed by atoms with Crippen molar-refractivity contribution in [2.75, 3.05) is 6.61 Å². The van der Waals surface area contributed by atoms with Crippen LogP contribution in [0.15, 0.2) is 66.9 Å². The van der Waals surface area contributed by atoms with Gasteiger partial charge in [-0.1, -0.05) is 61.2 Å². The van der Waals surface area contributed by atoms with Gasteiger partial charge in [0, 0.05) is 30.5 Å². The third-order valence-corrected chi connectivity index (χ3v) is 6.58. The number of hydrogen-bond acceptors (Lipinski definition) is 3. The van der Waals surface area contributed by atoms with Crippen LogP contribution in [0.1, 0.15) is 43.2 Å². The van der Waals surface area contributed by atoms with Crippen LogP contribution < -0.4 is 0 Å². The lowest BCUT2D eigenvalue weighted by atomic mass is 9.97. The Bertz CT molecular complexity index is 1270. The number of nitriles is 1. The van der Waals surface area contributed by atoms with E-state index in [0.717, 1.165) is 59.4 Å². The van der Waals surface area contributed by atoms with Gasteiger partial charge < -0.3 is 9.30 Å². The van der Waals surface area contributed by atoms with Gasteiger partial charge in [0.05, 0.1) is 34.5 Å². The summed E-state index contributed by atoms with van der Waals surface area (Å²) in [5.74, 6) is 0. The third kappa shape index (κ3) is 4.69. The van der Waals surface area contributed by atoms with Crippen LogP contribution in [0.4, 0.5) is 0 Å². The smallest absolute Gasteiger partial charge is 0.0991 e. The normalized spacial score (nSPS) is 16.8. The molecule has 4 aromatic rings. The topological polar surface area (TPSA) is 50.8 Å². The van der Waals surface area contributed by atoms with Gasteiger partial charge >= 0.3 is 0 Å². The molecule has 2 aromatic carbocycles. The Labute approximate surface area is 195 Å². The molecule has 1 fully saturated rings. The monoisotopic (exact) mass is 435 g/mol. The van der Waals surface area contributed by atoms with Crippen molar-refractivity contribution in [1.82, 2.24) is 9.55 Å². The minimum absolute atomic E-state index is 0.246. The summed E-state index contributed by atoms with van der Waals surface area (Å²) in [6, 6.07) is 22.9. The van der Waals surface area contributed by atoms with Crippen molar-refractivity contribution in [3.63, 3.8) is 0 Å². The summed E-state index contributed by atoms with van der Waals surface area (Å²) in [4.78, 5) is 5.11. The van der Waals surface area contributed by atoms with Gasteiger partial charge in [0.2, 0.25) is 0 Å². The maximum Gasteiger partial charge on any atom is 0.0991 e. The second kappa shape index (κ2) is 9.60. The van der Waals surface area contributed by atoms with Gasteiger partial charge in [0.15, 0.2) is 0 Å². The Hall–Kier alpha value is -3.42. The number of aromatic nitrogens is 2. The van der Waals surface area contributed by atoms with E-state index in [1.807, 2.05) is 24.3 Å². The van der Waals surface area contributed by atoms with Crippen molar-refractivity contribution in [3.05, 3.63) is 78.0 Å². The number of pyridine rings is 1. The predicted octanol–water partition coefficient (Wildman–Crippen LogP) is 6.90. The van der Waals surface area contributed by atoms with Crippen molar-refractivity contribution in [3.8, 4) is 28.5 Å². The molecule has 1 aliphatic rings. The molecule has 1 aliphatic heterocycles. The van der Waals surface area contributed by atoms with E-state index >= 15 is 0 Å². The van der Waals surface area contributed by atoms with E-state index in [1.54, 1.807) is 0 Å². The molecule has 0 aliphatic carbocycles. The molecule has 166 valence electrons. The van der Waals surface area contributed by atoms with Crippen LogP contribution in [0.3, 0.4) is 0 Å². The second-order valence-corrected chi connectivity index (χ2v) is 9.01. The zero-order chi connectivity index (χ0) is 22.6. The minimum atomic E-state index is 0.246. The van der Waals surface area contributed by atoms with Gasteiger partial charge in [-0.15, -0.1) is 0 Å². The van der Waals surface area contributed by atoms with Gasteiger partial charge in [-0.05, 0) is 49.6 Å². The molecule has 1 saturated heterocycles. The van der Waals surface area contributed by atoms with Crippen LogP contribution in [0, 0.1) is 18.3 Å². The Kier molecular flexibility index (Phi) is 6.24. The minimum Gasteiger partial charge on any atom is -0.376 e. The maximum absolute atomic E-state index is 9.22. The molecule has 4 nitrogen and oxygen atoms in total. The summed E-state index contributed by atoms with van der Waals surface area (Å²) >= 11 is 0. The summed E-state index contributed by atoms with van der Waals surface area (Å²) < 4.78 is 8.47. The Balaban J connectivity index is 1.58. The lowest BCUT2D eigenvalue weighted by Crippen LogP contribution is -2.21. The van der Waals surface area contributed by atoms with E-state index in [9.17, 15) is 5.26 Å². The number of benzene rings is 2. The zero-order valence-corrected chi connectivity index (χ0v) is 19.1. The molecule has 0 spiro atoms. The first kappa shape index (κ1) is 21.4. The molecule has 5 rings (SSSR count). The average Bonchev–Trinajstić information content (AvgIpc) is 3.22.